The van der Waals surface area contributed by atoms with Crippen molar-refractivity contribution in [3.63, 3.8) is 0 Å². The molecule has 21 heavy (non-hydrogen) atoms. The van der Waals surface area contributed by atoms with Crippen molar-refractivity contribution in [2.24, 2.45) is 17.6 Å². The first-order chi connectivity index (χ1) is 9.46. The maximum atomic E-state index is 12.0. The van der Waals surface area contributed by atoms with E-state index in [0.717, 1.165) is 19.3 Å². The van der Waals surface area contributed by atoms with Gasteiger partial charge in [-0.2, -0.15) is 0 Å². The highest BCUT2D eigenvalue weighted by Gasteiger charge is 2.31. The molecule has 1 aliphatic carbocycles. The molecule has 0 spiro atoms. The minimum absolute atomic E-state index is 0. The molecule has 8 heteroatoms. The standard InChI is InChI=1S/C13H27N3O3S.ClH/c1-3-16(4-2)20(18,19)9-8-15-13(17)12-7-5-6-11(12)10-14;/h11-12H,3-10,14H2,1-2H3,(H,15,17);1H/t11-,12-;/m1./s1. The second kappa shape index (κ2) is 9.61. The van der Waals surface area contributed by atoms with Crippen LogP contribution in [0.4, 0.5) is 0 Å². The van der Waals surface area contributed by atoms with Crippen LogP contribution in [0.15, 0.2) is 0 Å². The highest BCUT2D eigenvalue weighted by molar-refractivity contribution is 7.89. The molecule has 6 nitrogen and oxygen atoms in total. The number of rotatable bonds is 8. The number of nitrogens with two attached hydrogens (primary N) is 1. The molecule has 0 aromatic rings. The SMILES string of the molecule is CCN(CC)S(=O)(=O)CCNC(=O)[C@@H]1CCC[C@@H]1CN.Cl. The van der Waals surface area contributed by atoms with E-state index in [1.165, 1.54) is 4.31 Å². The number of hydrogen-bond donors (Lipinski definition) is 2. The Bertz CT molecular complexity index is 413. The normalized spacial score (nSPS) is 22.1. The van der Waals surface area contributed by atoms with Crippen molar-refractivity contribution in [3.05, 3.63) is 0 Å². The molecule has 1 saturated carbocycles. The van der Waals surface area contributed by atoms with Gasteiger partial charge < -0.3 is 11.1 Å². The van der Waals surface area contributed by atoms with Crippen LogP contribution in [0, 0.1) is 11.8 Å². The van der Waals surface area contributed by atoms with Crippen LogP contribution in [0.2, 0.25) is 0 Å². The Morgan fingerprint density at radius 1 is 1.29 bits per heavy atom. The molecule has 0 heterocycles. The molecule has 0 radical (unpaired) electrons. The van der Waals surface area contributed by atoms with Gasteiger partial charge in [0, 0.05) is 25.6 Å². The zero-order valence-electron chi connectivity index (χ0n) is 12.9. The summed E-state index contributed by atoms with van der Waals surface area (Å²) < 4.78 is 25.4. The third-order valence-corrected chi connectivity index (χ3v) is 6.08. The van der Waals surface area contributed by atoms with Gasteiger partial charge in [0.15, 0.2) is 0 Å². The minimum Gasteiger partial charge on any atom is -0.355 e. The molecular formula is C13H28ClN3O3S. The van der Waals surface area contributed by atoms with Crippen LogP contribution in [-0.4, -0.2) is 50.6 Å². The molecule has 126 valence electrons. The van der Waals surface area contributed by atoms with Crippen LogP contribution in [0.5, 0.6) is 0 Å². The van der Waals surface area contributed by atoms with Gasteiger partial charge in [-0.15, -0.1) is 12.4 Å². The Balaban J connectivity index is 0.00000400. The minimum atomic E-state index is -3.27. The van der Waals surface area contributed by atoms with Crippen molar-refractivity contribution in [1.29, 1.82) is 0 Å². The summed E-state index contributed by atoms with van der Waals surface area (Å²) in [5.41, 5.74) is 5.65. The zero-order chi connectivity index (χ0) is 15.2. The summed E-state index contributed by atoms with van der Waals surface area (Å²) in [6.45, 7) is 5.24. The third kappa shape index (κ3) is 5.73. The zero-order valence-corrected chi connectivity index (χ0v) is 14.5. The first-order valence-corrected chi connectivity index (χ1v) is 9.02. The highest BCUT2D eigenvalue weighted by Crippen LogP contribution is 2.30. The number of nitrogens with one attached hydrogen (secondary N) is 1. The Kier molecular flexibility index (Phi) is 9.44. The van der Waals surface area contributed by atoms with E-state index in [1.54, 1.807) is 0 Å². The van der Waals surface area contributed by atoms with Crippen molar-refractivity contribution < 1.29 is 13.2 Å². The molecule has 0 aromatic heterocycles. The summed E-state index contributed by atoms with van der Waals surface area (Å²) in [7, 11) is -3.27. The molecule has 1 amide bonds. The summed E-state index contributed by atoms with van der Waals surface area (Å²) in [6.07, 6.45) is 2.88. The van der Waals surface area contributed by atoms with Crippen molar-refractivity contribution in [3.8, 4) is 0 Å². The third-order valence-electron chi connectivity index (χ3n) is 4.06. The summed E-state index contributed by atoms with van der Waals surface area (Å²) in [4.78, 5) is 12.0. The summed E-state index contributed by atoms with van der Waals surface area (Å²) >= 11 is 0. The van der Waals surface area contributed by atoms with Crippen LogP contribution in [-0.2, 0) is 14.8 Å². The quantitative estimate of drug-likeness (QED) is 0.675. The first-order valence-electron chi connectivity index (χ1n) is 7.41. The fourth-order valence-corrected chi connectivity index (χ4v) is 4.25. The summed E-state index contributed by atoms with van der Waals surface area (Å²) in [6, 6.07) is 0. The molecular weight excluding hydrogens is 314 g/mol. The molecule has 0 saturated heterocycles. The van der Waals surface area contributed by atoms with E-state index in [9.17, 15) is 13.2 Å². The van der Waals surface area contributed by atoms with E-state index in [0.29, 0.717) is 19.6 Å². The molecule has 0 unspecified atom stereocenters. The lowest BCUT2D eigenvalue weighted by atomic mass is 9.95. The molecule has 1 fully saturated rings. The largest absolute Gasteiger partial charge is 0.355 e. The van der Waals surface area contributed by atoms with Crippen LogP contribution in [0.1, 0.15) is 33.1 Å². The smallest absolute Gasteiger partial charge is 0.223 e. The second-order valence-corrected chi connectivity index (χ2v) is 7.31. The Morgan fingerprint density at radius 2 is 1.90 bits per heavy atom. The lowest BCUT2D eigenvalue weighted by Gasteiger charge is -2.20. The average molecular weight is 342 g/mol. The van der Waals surface area contributed by atoms with Crippen molar-refractivity contribution in [2.75, 3.05) is 31.9 Å². The summed E-state index contributed by atoms with van der Waals surface area (Å²) in [5, 5.41) is 2.75. The second-order valence-electron chi connectivity index (χ2n) is 5.22. The predicted molar refractivity (Wildman–Crippen MR) is 86.9 cm³/mol. The molecule has 0 aliphatic heterocycles. The topological polar surface area (TPSA) is 92.5 Å². The fraction of sp³-hybridized carbons (Fsp3) is 0.923. The van der Waals surface area contributed by atoms with Gasteiger partial charge in [-0.3, -0.25) is 4.79 Å². The van der Waals surface area contributed by atoms with Crippen molar-refractivity contribution in [2.45, 2.75) is 33.1 Å². The van der Waals surface area contributed by atoms with Gasteiger partial charge in [0.05, 0.1) is 5.75 Å². The molecule has 3 N–H and O–H groups in total. The van der Waals surface area contributed by atoms with Crippen molar-refractivity contribution in [1.82, 2.24) is 9.62 Å². The number of carbonyl (C=O) groups is 1. The van der Waals surface area contributed by atoms with Gasteiger partial charge in [0.1, 0.15) is 0 Å². The van der Waals surface area contributed by atoms with Crippen LogP contribution in [0.3, 0.4) is 0 Å². The molecule has 0 bridgehead atoms. The van der Waals surface area contributed by atoms with Crippen LogP contribution in [0.25, 0.3) is 0 Å². The van der Waals surface area contributed by atoms with Gasteiger partial charge in [-0.1, -0.05) is 20.3 Å². The van der Waals surface area contributed by atoms with Gasteiger partial charge in [-0.25, -0.2) is 12.7 Å². The number of hydrogen-bond acceptors (Lipinski definition) is 4. The van der Waals surface area contributed by atoms with E-state index in [2.05, 4.69) is 5.32 Å². The van der Waals surface area contributed by atoms with E-state index >= 15 is 0 Å². The molecule has 0 aromatic carbocycles. The number of sulfonamides is 1. The van der Waals surface area contributed by atoms with E-state index in [-0.39, 0.29) is 42.4 Å². The maximum Gasteiger partial charge on any atom is 0.223 e. The van der Waals surface area contributed by atoms with Gasteiger partial charge in [0.25, 0.3) is 0 Å². The van der Waals surface area contributed by atoms with Gasteiger partial charge in [0.2, 0.25) is 15.9 Å². The Labute approximate surface area is 134 Å². The lowest BCUT2D eigenvalue weighted by Crippen LogP contribution is -2.40. The van der Waals surface area contributed by atoms with Gasteiger partial charge in [-0.05, 0) is 25.3 Å². The van der Waals surface area contributed by atoms with Crippen LogP contribution < -0.4 is 11.1 Å². The molecule has 1 aliphatic rings. The molecule has 2 atom stereocenters. The van der Waals surface area contributed by atoms with E-state index < -0.39 is 10.0 Å². The first kappa shape index (κ1) is 20.6. The number of amides is 1. The number of halogens is 1. The summed E-state index contributed by atoms with van der Waals surface area (Å²) in [5.74, 6) is 0.110. The van der Waals surface area contributed by atoms with Crippen LogP contribution >= 0.6 is 12.4 Å². The highest BCUT2D eigenvalue weighted by atomic mass is 35.5. The fourth-order valence-electron chi connectivity index (χ4n) is 2.84. The monoisotopic (exact) mass is 341 g/mol. The Morgan fingerprint density at radius 3 is 2.43 bits per heavy atom. The van der Waals surface area contributed by atoms with E-state index in [1.807, 2.05) is 13.8 Å². The lowest BCUT2D eigenvalue weighted by molar-refractivity contribution is -0.125. The maximum absolute atomic E-state index is 12.0. The molecule has 1 rings (SSSR count). The van der Waals surface area contributed by atoms with Crippen molar-refractivity contribution >= 4 is 28.3 Å². The average Bonchev–Trinajstić information content (AvgIpc) is 2.87. The predicted octanol–water partition coefficient (Wildman–Crippen LogP) is 0.571. The number of nitrogens with zero attached hydrogens (tertiary/aromatic N) is 1. The van der Waals surface area contributed by atoms with Gasteiger partial charge >= 0.3 is 0 Å². The van der Waals surface area contributed by atoms with E-state index in [4.69, 9.17) is 5.73 Å². The number of carbonyl (C=O) groups excluding carboxylic acids is 1. The Hall–Kier alpha value is -0.370.